The highest BCUT2D eigenvalue weighted by Gasteiger charge is 2.23. The molecule has 1 aromatic carbocycles. The van der Waals surface area contributed by atoms with Crippen LogP contribution in [0.15, 0.2) is 24.3 Å². The SMILES string of the molecule is COCC(C(=O)O)c1ccccc1[PH](=O)O. The van der Waals surface area contributed by atoms with Gasteiger partial charge in [0.05, 0.1) is 6.61 Å². The highest BCUT2D eigenvalue weighted by molar-refractivity contribution is 7.47. The van der Waals surface area contributed by atoms with Crippen molar-refractivity contribution in [2.75, 3.05) is 13.7 Å². The van der Waals surface area contributed by atoms with Gasteiger partial charge in [0.25, 0.3) is 0 Å². The van der Waals surface area contributed by atoms with Crippen molar-refractivity contribution >= 4 is 19.3 Å². The van der Waals surface area contributed by atoms with Gasteiger partial charge < -0.3 is 14.7 Å². The molecule has 5 nitrogen and oxygen atoms in total. The molecule has 0 aromatic heterocycles. The van der Waals surface area contributed by atoms with Gasteiger partial charge in [0.15, 0.2) is 0 Å². The second-order valence-electron chi connectivity index (χ2n) is 3.24. The predicted octanol–water partition coefficient (Wildman–Crippen LogP) is 0.594. The Kier molecular flexibility index (Phi) is 4.68. The van der Waals surface area contributed by atoms with Gasteiger partial charge >= 0.3 is 5.97 Å². The first-order chi connectivity index (χ1) is 7.57. The molecule has 1 rings (SSSR count). The molecule has 16 heavy (non-hydrogen) atoms. The van der Waals surface area contributed by atoms with Crippen LogP contribution in [0.1, 0.15) is 11.5 Å². The van der Waals surface area contributed by atoms with Crippen molar-refractivity contribution in [2.24, 2.45) is 0 Å². The molecule has 0 aliphatic heterocycles. The molecule has 0 heterocycles. The van der Waals surface area contributed by atoms with E-state index in [-0.39, 0.29) is 11.9 Å². The zero-order valence-corrected chi connectivity index (χ0v) is 9.71. The Morgan fingerprint density at radius 3 is 2.62 bits per heavy atom. The molecule has 88 valence electrons. The molecule has 0 radical (unpaired) electrons. The third-order valence-corrected chi connectivity index (χ3v) is 3.11. The second-order valence-corrected chi connectivity index (χ2v) is 4.39. The number of carbonyl (C=O) groups is 1. The standard InChI is InChI=1S/C10H13O5P/c1-15-6-8(10(11)12)7-4-2-3-5-9(7)16(13)14/h2-5,8,16H,6H2,1H3,(H,11,12)(H,13,14). The summed E-state index contributed by atoms with van der Waals surface area (Å²) < 4.78 is 15.9. The smallest absolute Gasteiger partial charge is 0.313 e. The van der Waals surface area contributed by atoms with Gasteiger partial charge in [-0.2, -0.15) is 0 Å². The Bertz CT molecular complexity index is 404. The highest BCUT2D eigenvalue weighted by Crippen LogP contribution is 2.23. The molecule has 0 fully saturated rings. The largest absolute Gasteiger partial charge is 0.481 e. The normalized spacial score (nSPS) is 14.4. The Morgan fingerprint density at radius 1 is 1.50 bits per heavy atom. The van der Waals surface area contributed by atoms with Crippen LogP contribution in [0.2, 0.25) is 0 Å². The summed E-state index contributed by atoms with van der Waals surface area (Å²) in [5, 5.41) is 9.19. The molecule has 2 unspecified atom stereocenters. The van der Waals surface area contributed by atoms with E-state index < -0.39 is 19.9 Å². The van der Waals surface area contributed by atoms with Gasteiger partial charge in [-0.15, -0.1) is 0 Å². The van der Waals surface area contributed by atoms with Crippen LogP contribution >= 0.6 is 8.03 Å². The predicted molar refractivity (Wildman–Crippen MR) is 59.5 cm³/mol. The lowest BCUT2D eigenvalue weighted by Crippen LogP contribution is -2.22. The Morgan fingerprint density at radius 2 is 2.12 bits per heavy atom. The summed E-state index contributed by atoms with van der Waals surface area (Å²) in [4.78, 5) is 20.1. The number of hydrogen-bond donors (Lipinski definition) is 2. The minimum atomic E-state index is -2.91. The first-order valence-corrected chi connectivity index (χ1v) is 5.97. The molecular weight excluding hydrogens is 231 g/mol. The van der Waals surface area contributed by atoms with Crippen molar-refractivity contribution in [3.8, 4) is 0 Å². The molecular formula is C10H13O5P. The third kappa shape index (κ3) is 2.92. The summed E-state index contributed by atoms with van der Waals surface area (Å²) in [7, 11) is -1.52. The molecule has 2 N–H and O–H groups in total. The molecule has 0 saturated heterocycles. The van der Waals surface area contributed by atoms with E-state index in [4.69, 9.17) is 14.7 Å². The van der Waals surface area contributed by atoms with E-state index in [1.807, 2.05) is 0 Å². The summed E-state index contributed by atoms with van der Waals surface area (Å²) in [5.74, 6) is -1.99. The molecule has 1 aromatic rings. The van der Waals surface area contributed by atoms with Crippen LogP contribution in [0, 0.1) is 0 Å². The molecule has 2 atom stereocenters. The third-order valence-electron chi connectivity index (χ3n) is 2.20. The van der Waals surface area contributed by atoms with Crippen LogP contribution in [0.5, 0.6) is 0 Å². The first-order valence-electron chi connectivity index (χ1n) is 4.62. The maximum absolute atomic E-state index is 11.1. The van der Waals surface area contributed by atoms with Crippen molar-refractivity contribution in [3.63, 3.8) is 0 Å². The fraction of sp³-hybridized carbons (Fsp3) is 0.300. The summed E-state index contributed by atoms with van der Waals surface area (Å²) in [6.07, 6.45) is 0. The number of carboxylic acid groups (broad SMARTS) is 1. The van der Waals surface area contributed by atoms with Crippen LogP contribution in [0.3, 0.4) is 0 Å². The number of benzene rings is 1. The van der Waals surface area contributed by atoms with E-state index >= 15 is 0 Å². The zero-order valence-electron chi connectivity index (χ0n) is 8.71. The minimum absolute atomic E-state index is 0.0263. The van der Waals surface area contributed by atoms with E-state index in [9.17, 15) is 9.36 Å². The van der Waals surface area contributed by atoms with E-state index in [1.54, 1.807) is 12.1 Å². The van der Waals surface area contributed by atoms with Crippen LogP contribution in [0.25, 0.3) is 0 Å². The van der Waals surface area contributed by atoms with E-state index in [1.165, 1.54) is 19.2 Å². The molecule has 0 aliphatic rings. The summed E-state index contributed by atoms with van der Waals surface area (Å²) >= 11 is 0. The number of ether oxygens (including phenoxy) is 1. The molecule has 0 saturated carbocycles. The number of aliphatic carboxylic acids is 1. The fourth-order valence-corrected chi connectivity index (χ4v) is 2.20. The Balaban J connectivity index is 3.17. The molecule has 0 spiro atoms. The second kappa shape index (κ2) is 5.80. The van der Waals surface area contributed by atoms with Crippen LogP contribution < -0.4 is 5.30 Å². The number of hydrogen-bond acceptors (Lipinski definition) is 3. The quantitative estimate of drug-likeness (QED) is 0.741. The van der Waals surface area contributed by atoms with Gasteiger partial charge in [0.1, 0.15) is 5.92 Å². The minimum Gasteiger partial charge on any atom is -0.481 e. The van der Waals surface area contributed by atoms with E-state index in [0.29, 0.717) is 5.56 Å². The molecule has 6 heteroatoms. The van der Waals surface area contributed by atoms with Gasteiger partial charge in [-0.25, -0.2) is 0 Å². The van der Waals surface area contributed by atoms with Gasteiger partial charge in [-0.3, -0.25) is 9.36 Å². The summed E-state index contributed by atoms with van der Waals surface area (Å²) in [6.45, 7) is -0.0263. The van der Waals surface area contributed by atoms with Gasteiger partial charge in [0, 0.05) is 12.4 Å². The number of rotatable bonds is 5. The van der Waals surface area contributed by atoms with Crippen LogP contribution in [-0.2, 0) is 14.1 Å². The average Bonchev–Trinajstić information content (AvgIpc) is 2.25. The Hall–Kier alpha value is -1.16. The summed E-state index contributed by atoms with van der Waals surface area (Å²) in [5.41, 5.74) is 0.336. The lowest BCUT2D eigenvalue weighted by atomic mass is 10.0. The lowest BCUT2D eigenvalue weighted by molar-refractivity contribution is -0.140. The maximum atomic E-state index is 11.1. The number of methoxy groups -OCH3 is 1. The molecule has 0 amide bonds. The fourth-order valence-electron chi connectivity index (χ4n) is 1.46. The van der Waals surface area contributed by atoms with Crippen LogP contribution in [-0.4, -0.2) is 29.7 Å². The highest BCUT2D eigenvalue weighted by atomic mass is 31.1. The van der Waals surface area contributed by atoms with Crippen molar-refractivity contribution < 1.29 is 24.1 Å². The van der Waals surface area contributed by atoms with Gasteiger partial charge in [-0.1, -0.05) is 18.2 Å². The van der Waals surface area contributed by atoms with Gasteiger partial charge in [-0.05, 0) is 11.6 Å². The molecule has 0 bridgehead atoms. The zero-order chi connectivity index (χ0) is 12.1. The Labute approximate surface area is 93.5 Å². The lowest BCUT2D eigenvalue weighted by Gasteiger charge is -2.14. The van der Waals surface area contributed by atoms with Gasteiger partial charge in [0.2, 0.25) is 8.03 Å². The average molecular weight is 244 g/mol. The van der Waals surface area contributed by atoms with Crippen molar-refractivity contribution in [2.45, 2.75) is 5.92 Å². The van der Waals surface area contributed by atoms with E-state index in [0.717, 1.165) is 0 Å². The monoisotopic (exact) mass is 244 g/mol. The topological polar surface area (TPSA) is 83.8 Å². The van der Waals surface area contributed by atoms with Crippen LogP contribution in [0.4, 0.5) is 0 Å². The molecule has 0 aliphatic carbocycles. The maximum Gasteiger partial charge on any atom is 0.313 e. The van der Waals surface area contributed by atoms with Crippen molar-refractivity contribution in [1.82, 2.24) is 0 Å². The van der Waals surface area contributed by atoms with Crippen molar-refractivity contribution in [1.29, 1.82) is 0 Å². The van der Waals surface area contributed by atoms with E-state index in [2.05, 4.69) is 0 Å². The summed E-state index contributed by atoms with van der Waals surface area (Å²) in [6, 6.07) is 6.23. The van der Waals surface area contributed by atoms with Crippen molar-refractivity contribution in [3.05, 3.63) is 29.8 Å². The first kappa shape index (κ1) is 12.9. The number of carboxylic acids is 1.